The van der Waals surface area contributed by atoms with Crippen molar-refractivity contribution in [1.82, 2.24) is 5.32 Å². The normalized spacial score (nSPS) is 10.0. The van der Waals surface area contributed by atoms with Gasteiger partial charge < -0.3 is 19.5 Å². The van der Waals surface area contributed by atoms with Crippen LogP contribution in [-0.2, 0) is 20.7 Å². The van der Waals surface area contributed by atoms with Gasteiger partial charge in [-0.15, -0.1) is 0 Å². The summed E-state index contributed by atoms with van der Waals surface area (Å²) < 4.78 is 28.6. The number of halogens is 1. The third-order valence-electron chi connectivity index (χ3n) is 3.77. The summed E-state index contributed by atoms with van der Waals surface area (Å²) in [7, 11) is 3.04. The van der Waals surface area contributed by atoms with Crippen molar-refractivity contribution in [2.75, 3.05) is 26.1 Å². The average Bonchev–Trinajstić information content (AvgIpc) is 2.72. The van der Waals surface area contributed by atoms with Gasteiger partial charge in [0.1, 0.15) is 17.3 Å². The van der Waals surface area contributed by atoms with Crippen molar-refractivity contribution in [2.45, 2.75) is 12.8 Å². The Morgan fingerprint density at radius 1 is 1.00 bits per heavy atom. The first kappa shape index (κ1) is 21.7. The third kappa shape index (κ3) is 7.13. The number of benzene rings is 2. The molecule has 9 heteroatoms. The zero-order chi connectivity index (χ0) is 21.2. The van der Waals surface area contributed by atoms with E-state index in [1.165, 1.54) is 32.4 Å². The number of methoxy groups -OCH3 is 2. The van der Waals surface area contributed by atoms with E-state index in [1.54, 1.807) is 18.2 Å². The number of para-hydroxylation sites is 1. The molecule has 0 atom stereocenters. The van der Waals surface area contributed by atoms with E-state index in [4.69, 9.17) is 14.2 Å². The predicted octanol–water partition coefficient (Wildman–Crippen LogP) is 2.67. The smallest absolute Gasteiger partial charge is 0.326 e. The number of carbonyl (C=O) groups excluding carboxylic acids is 3. The largest absolute Gasteiger partial charge is 0.497 e. The number of anilines is 1. The fraction of sp³-hybridized carbons (Fsp3) is 0.250. The number of amides is 3. The van der Waals surface area contributed by atoms with Gasteiger partial charge in [-0.3, -0.25) is 14.9 Å². The van der Waals surface area contributed by atoms with Crippen LogP contribution in [0.15, 0.2) is 42.5 Å². The molecule has 3 amide bonds. The molecule has 2 rings (SSSR count). The maximum Gasteiger partial charge on any atom is 0.326 e. The quantitative estimate of drug-likeness (QED) is 0.656. The van der Waals surface area contributed by atoms with Gasteiger partial charge in [0, 0.05) is 12.5 Å². The minimum absolute atomic E-state index is 0.0189. The van der Waals surface area contributed by atoms with Crippen LogP contribution in [0.1, 0.15) is 12.0 Å². The molecule has 8 nitrogen and oxygen atoms in total. The summed E-state index contributed by atoms with van der Waals surface area (Å²) in [5, 5.41) is 4.14. The van der Waals surface area contributed by atoms with Gasteiger partial charge in [-0.2, -0.15) is 0 Å². The Balaban J connectivity index is 1.75. The fourth-order valence-electron chi connectivity index (χ4n) is 2.35. The Morgan fingerprint density at radius 2 is 1.66 bits per heavy atom. The van der Waals surface area contributed by atoms with Crippen molar-refractivity contribution < 1.29 is 33.0 Å². The SMILES string of the molecule is COc1cc(CCC(=O)OCC(=O)NC(=O)Nc2ccccc2F)cc(OC)c1. The molecular weight excluding hydrogens is 383 g/mol. The molecule has 0 radical (unpaired) electrons. The summed E-state index contributed by atoms with van der Waals surface area (Å²) in [6.07, 6.45) is 0.368. The highest BCUT2D eigenvalue weighted by molar-refractivity contribution is 6.01. The van der Waals surface area contributed by atoms with Crippen LogP contribution in [-0.4, -0.2) is 38.7 Å². The van der Waals surface area contributed by atoms with E-state index in [0.717, 1.165) is 11.6 Å². The molecule has 2 aromatic carbocycles. The Kier molecular flexibility index (Phi) is 7.96. The molecule has 154 valence electrons. The lowest BCUT2D eigenvalue weighted by Crippen LogP contribution is -2.37. The highest BCUT2D eigenvalue weighted by atomic mass is 19.1. The van der Waals surface area contributed by atoms with Gasteiger partial charge in [-0.05, 0) is 36.2 Å². The van der Waals surface area contributed by atoms with E-state index >= 15 is 0 Å². The number of aryl methyl sites for hydroxylation is 1. The molecule has 0 heterocycles. The van der Waals surface area contributed by atoms with Crippen LogP contribution in [0.5, 0.6) is 11.5 Å². The Hall–Kier alpha value is -3.62. The van der Waals surface area contributed by atoms with E-state index in [2.05, 4.69) is 5.32 Å². The number of rotatable bonds is 8. The zero-order valence-corrected chi connectivity index (χ0v) is 16.0. The van der Waals surface area contributed by atoms with Gasteiger partial charge in [0.05, 0.1) is 19.9 Å². The standard InChI is InChI=1S/C20H21FN2O6/c1-27-14-9-13(10-15(11-14)28-2)7-8-19(25)29-12-18(24)23-20(26)22-17-6-4-3-5-16(17)21/h3-6,9-11H,7-8,12H2,1-2H3,(H2,22,23,24,26). The lowest BCUT2D eigenvalue weighted by atomic mass is 10.1. The lowest BCUT2D eigenvalue weighted by molar-refractivity contribution is -0.148. The van der Waals surface area contributed by atoms with E-state index in [1.807, 2.05) is 5.32 Å². The van der Waals surface area contributed by atoms with Crippen LogP contribution in [0.2, 0.25) is 0 Å². The number of imide groups is 1. The monoisotopic (exact) mass is 404 g/mol. The number of urea groups is 1. The summed E-state index contributed by atoms with van der Waals surface area (Å²) in [4.78, 5) is 35.2. The molecule has 0 saturated carbocycles. The molecule has 0 bridgehead atoms. The van der Waals surface area contributed by atoms with Crippen LogP contribution in [0.3, 0.4) is 0 Å². The highest BCUT2D eigenvalue weighted by Crippen LogP contribution is 2.23. The summed E-state index contributed by atoms with van der Waals surface area (Å²) in [5.41, 5.74) is 0.718. The molecule has 0 aliphatic heterocycles. The maximum atomic E-state index is 13.4. The lowest BCUT2D eigenvalue weighted by Gasteiger charge is -2.09. The number of nitrogens with one attached hydrogen (secondary N) is 2. The molecule has 0 fully saturated rings. The molecular formula is C20H21FN2O6. The van der Waals surface area contributed by atoms with Crippen molar-refractivity contribution in [3.05, 3.63) is 53.8 Å². The van der Waals surface area contributed by atoms with Crippen molar-refractivity contribution in [3.63, 3.8) is 0 Å². The van der Waals surface area contributed by atoms with Gasteiger partial charge in [0.15, 0.2) is 6.61 Å². The second-order valence-corrected chi connectivity index (χ2v) is 5.86. The minimum atomic E-state index is -0.931. The van der Waals surface area contributed by atoms with Gasteiger partial charge in [0.25, 0.3) is 5.91 Å². The van der Waals surface area contributed by atoms with E-state index in [9.17, 15) is 18.8 Å². The van der Waals surface area contributed by atoms with Gasteiger partial charge >= 0.3 is 12.0 Å². The van der Waals surface area contributed by atoms with Gasteiger partial charge in [-0.25, -0.2) is 9.18 Å². The van der Waals surface area contributed by atoms with E-state index in [0.29, 0.717) is 17.9 Å². The minimum Gasteiger partial charge on any atom is -0.497 e. The number of hydrogen-bond donors (Lipinski definition) is 2. The average molecular weight is 404 g/mol. The van der Waals surface area contributed by atoms with E-state index in [-0.39, 0.29) is 12.1 Å². The topological polar surface area (TPSA) is 103 Å². The molecule has 29 heavy (non-hydrogen) atoms. The van der Waals surface area contributed by atoms with Gasteiger partial charge in [0.2, 0.25) is 0 Å². The Bertz CT molecular complexity index is 865. The number of carbonyl (C=O) groups is 3. The molecule has 2 aromatic rings. The van der Waals surface area contributed by atoms with Crippen LogP contribution in [0.25, 0.3) is 0 Å². The van der Waals surface area contributed by atoms with Crippen LogP contribution < -0.4 is 20.1 Å². The van der Waals surface area contributed by atoms with Crippen LogP contribution in [0, 0.1) is 5.82 Å². The maximum absolute atomic E-state index is 13.4. The van der Waals surface area contributed by atoms with Crippen LogP contribution >= 0.6 is 0 Å². The number of esters is 1. The second-order valence-electron chi connectivity index (χ2n) is 5.86. The third-order valence-corrected chi connectivity index (χ3v) is 3.77. The van der Waals surface area contributed by atoms with Crippen molar-refractivity contribution in [2.24, 2.45) is 0 Å². The van der Waals surface area contributed by atoms with E-state index < -0.39 is 30.3 Å². The summed E-state index contributed by atoms with van der Waals surface area (Å²) in [6.45, 7) is -0.634. The Labute approximate surface area is 166 Å². The fourth-order valence-corrected chi connectivity index (χ4v) is 2.35. The summed E-state index contributed by atoms with van der Waals surface area (Å²) >= 11 is 0. The zero-order valence-electron chi connectivity index (χ0n) is 16.0. The first-order valence-electron chi connectivity index (χ1n) is 8.64. The molecule has 0 unspecified atom stereocenters. The predicted molar refractivity (Wildman–Crippen MR) is 102 cm³/mol. The van der Waals surface area contributed by atoms with Crippen molar-refractivity contribution in [1.29, 1.82) is 0 Å². The molecule has 0 spiro atoms. The summed E-state index contributed by atoms with van der Waals surface area (Å²) in [5.74, 6) is -0.914. The summed E-state index contributed by atoms with van der Waals surface area (Å²) in [6, 6.07) is 9.79. The first-order valence-corrected chi connectivity index (χ1v) is 8.64. The Morgan fingerprint density at radius 3 is 2.28 bits per heavy atom. The second kappa shape index (κ2) is 10.6. The number of ether oxygens (including phenoxy) is 3. The molecule has 0 saturated heterocycles. The molecule has 0 aromatic heterocycles. The van der Waals surface area contributed by atoms with Gasteiger partial charge in [-0.1, -0.05) is 12.1 Å². The molecule has 0 aliphatic rings. The van der Waals surface area contributed by atoms with Crippen molar-refractivity contribution >= 4 is 23.6 Å². The molecule has 2 N–H and O–H groups in total. The molecule has 0 aliphatic carbocycles. The first-order chi connectivity index (χ1) is 13.9. The number of hydrogen-bond acceptors (Lipinski definition) is 6. The van der Waals surface area contributed by atoms with Crippen LogP contribution in [0.4, 0.5) is 14.9 Å². The highest BCUT2D eigenvalue weighted by Gasteiger charge is 2.13. The van der Waals surface area contributed by atoms with Crippen molar-refractivity contribution in [3.8, 4) is 11.5 Å².